The number of epoxide rings is 1. The number of rotatable bonds is 9. The highest BCUT2D eigenvalue weighted by Crippen LogP contribution is 2.44. The lowest BCUT2D eigenvalue weighted by Gasteiger charge is -2.31. The van der Waals surface area contributed by atoms with Crippen LogP contribution in [0.1, 0.15) is 42.0 Å². The molecule has 3 rings (SSSR count). The lowest BCUT2D eigenvalue weighted by molar-refractivity contribution is -0.152. The molecular weight excluding hydrogens is 368 g/mol. The third kappa shape index (κ3) is 4.98. The Morgan fingerprint density at radius 2 is 1.83 bits per heavy atom. The number of esters is 1. The zero-order valence-electron chi connectivity index (χ0n) is 17.9. The smallest absolute Gasteiger partial charge is 0.311 e. The van der Waals surface area contributed by atoms with Gasteiger partial charge in [-0.1, -0.05) is 30.3 Å². The highest BCUT2D eigenvalue weighted by molar-refractivity contribution is 5.77. The first kappa shape index (κ1) is 21.3. The van der Waals surface area contributed by atoms with Crippen LogP contribution in [0.25, 0.3) is 0 Å². The van der Waals surface area contributed by atoms with Gasteiger partial charge in [-0.05, 0) is 55.2 Å². The topological polar surface area (TPSA) is 57.3 Å². The Labute approximate surface area is 172 Å². The minimum atomic E-state index is -0.674. The molecule has 1 saturated heterocycles. The molecule has 1 heterocycles. The van der Waals surface area contributed by atoms with E-state index in [4.69, 9.17) is 18.9 Å². The summed E-state index contributed by atoms with van der Waals surface area (Å²) in [6.45, 7) is 7.61. The molecule has 29 heavy (non-hydrogen) atoms. The summed E-state index contributed by atoms with van der Waals surface area (Å²) in [7, 11) is 3.09. The molecule has 0 amide bonds. The van der Waals surface area contributed by atoms with Gasteiger partial charge in [-0.3, -0.25) is 4.79 Å². The summed E-state index contributed by atoms with van der Waals surface area (Å²) in [5.74, 6) is 0.547. The molecule has 0 saturated carbocycles. The minimum absolute atomic E-state index is 0.0415. The van der Waals surface area contributed by atoms with Crippen LogP contribution in [0.15, 0.2) is 42.5 Å². The Morgan fingerprint density at radius 1 is 1.14 bits per heavy atom. The number of benzene rings is 2. The van der Waals surface area contributed by atoms with Gasteiger partial charge in [0.15, 0.2) is 0 Å². The first-order chi connectivity index (χ1) is 13.9. The van der Waals surface area contributed by atoms with E-state index in [1.54, 1.807) is 7.11 Å². The van der Waals surface area contributed by atoms with E-state index in [-0.39, 0.29) is 18.0 Å². The van der Waals surface area contributed by atoms with Gasteiger partial charge in [-0.25, -0.2) is 0 Å². The first-order valence-corrected chi connectivity index (χ1v) is 9.87. The average molecular weight is 398 g/mol. The molecule has 5 nitrogen and oxygen atoms in total. The number of carbonyl (C=O) groups is 1. The number of ether oxygens (including phenoxy) is 4. The third-order valence-corrected chi connectivity index (χ3v) is 5.64. The first-order valence-electron chi connectivity index (χ1n) is 9.87. The fraction of sp³-hybridized carbons (Fsp3) is 0.458. The zero-order chi connectivity index (χ0) is 21.0. The molecule has 1 fully saturated rings. The van der Waals surface area contributed by atoms with Gasteiger partial charge in [-0.15, -0.1) is 0 Å². The van der Waals surface area contributed by atoms with Crippen molar-refractivity contribution in [3.63, 3.8) is 0 Å². The van der Waals surface area contributed by atoms with Crippen molar-refractivity contribution in [3.8, 4) is 5.75 Å². The molecular formula is C24H30O5. The van der Waals surface area contributed by atoms with E-state index in [2.05, 4.69) is 25.1 Å². The van der Waals surface area contributed by atoms with Crippen LogP contribution in [0.2, 0.25) is 0 Å². The maximum atomic E-state index is 12.4. The van der Waals surface area contributed by atoms with Crippen molar-refractivity contribution in [2.75, 3.05) is 20.8 Å². The Bertz CT molecular complexity index is 837. The third-order valence-electron chi connectivity index (χ3n) is 5.64. The van der Waals surface area contributed by atoms with Crippen LogP contribution in [0.3, 0.4) is 0 Å². The fourth-order valence-electron chi connectivity index (χ4n) is 3.78. The predicted octanol–water partition coefficient (Wildman–Crippen LogP) is 4.40. The van der Waals surface area contributed by atoms with E-state index in [1.807, 2.05) is 38.1 Å². The maximum Gasteiger partial charge on any atom is 0.311 e. The number of methoxy groups -OCH3 is 2. The van der Waals surface area contributed by atoms with Crippen molar-refractivity contribution in [1.29, 1.82) is 0 Å². The molecule has 0 aromatic heterocycles. The number of aryl methyl sites for hydroxylation is 1. The van der Waals surface area contributed by atoms with Crippen LogP contribution in [0.4, 0.5) is 0 Å². The normalized spacial score (nSPS) is 16.9. The van der Waals surface area contributed by atoms with E-state index in [0.717, 1.165) is 28.0 Å². The summed E-state index contributed by atoms with van der Waals surface area (Å²) >= 11 is 0. The lowest BCUT2D eigenvalue weighted by atomic mass is 9.72. The molecule has 0 N–H and O–H groups in total. The number of hydrogen-bond acceptors (Lipinski definition) is 5. The van der Waals surface area contributed by atoms with Crippen LogP contribution in [0.5, 0.6) is 5.75 Å². The average Bonchev–Trinajstić information content (AvgIpc) is 3.54. The number of hydrogen-bond donors (Lipinski definition) is 0. The second-order valence-electron chi connectivity index (χ2n) is 8.09. The van der Waals surface area contributed by atoms with Gasteiger partial charge in [0, 0.05) is 5.92 Å². The highest BCUT2D eigenvalue weighted by Gasteiger charge is 2.48. The van der Waals surface area contributed by atoms with E-state index in [9.17, 15) is 4.79 Å². The van der Waals surface area contributed by atoms with Crippen LogP contribution < -0.4 is 4.74 Å². The molecule has 2 aromatic rings. The van der Waals surface area contributed by atoms with Crippen molar-refractivity contribution < 1.29 is 23.7 Å². The molecule has 0 bridgehead atoms. The van der Waals surface area contributed by atoms with Crippen molar-refractivity contribution in [1.82, 2.24) is 0 Å². The van der Waals surface area contributed by atoms with Crippen LogP contribution in [-0.2, 0) is 32.2 Å². The van der Waals surface area contributed by atoms with Crippen LogP contribution in [0, 0.1) is 12.3 Å². The molecule has 5 heteroatoms. The van der Waals surface area contributed by atoms with E-state index < -0.39 is 5.41 Å². The molecule has 0 radical (unpaired) electrons. The Balaban J connectivity index is 1.73. The quantitative estimate of drug-likeness (QED) is 0.463. The second-order valence-corrected chi connectivity index (χ2v) is 8.09. The van der Waals surface area contributed by atoms with E-state index in [1.165, 1.54) is 7.11 Å². The van der Waals surface area contributed by atoms with Crippen molar-refractivity contribution in [3.05, 3.63) is 64.7 Å². The standard InChI is InChI=1S/C24H30O5/c1-16-6-9-18(22(21-15-29-21)24(2,3)23(25)27-5)12-19(16)14-28-13-17-7-10-20(26-4)11-8-17/h6-12,21-22H,13-15H2,1-5H3. The largest absolute Gasteiger partial charge is 0.497 e. The summed E-state index contributed by atoms with van der Waals surface area (Å²) in [5, 5.41) is 0. The van der Waals surface area contributed by atoms with Gasteiger partial charge in [0.2, 0.25) is 0 Å². The van der Waals surface area contributed by atoms with Gasteiger partial charge in [0.1, 0.15) is 5.75 Å². The van der Waals surface area contributed by atoms with Crippen LogP contribution in [-0.4, -0.2) is 32.9 Å². The van der Waals surface area contributed by atoms with Crippen molar-refractivity contribution in [2.24, 2.45) is 5.41 Å². The van der Waals surface area contributed by atoms with Gasteiger partial charge in [-0.2, -0.15) is 0 Å². The van der Waals surface area contributed by atoms with Gasteiger partial charge in [0.25, 0.3) is 0 Å². The molecule has 156 valence electrons. The Kier molecular flexibility index (Phi) is 6.60. The highest BCUT2D eigenvalue weighted by atomic mass is 16.6. The summed E-state index contributed by atoms with van der Waals surface area (Å²) in [4.78, 5) is 12.4. The molecule has 1 aliphatic heterocycles. The SMILES string of the molecule is COC(=O)C(C)(C)C(c1ccc(C)c(COCc2ccc(OC)cc2)c1)C1CO1. The van der Waals surface area contributed by atoms with Gasteiger partial charge < -0.3 is 18.9 Å². The summed E-state index contributed by atoms with van der Waals surface area (Å²) in [5.41, 5.74) is 3.77. The molecule has 2 atom stereocenters. The van der Waals surface area contributed by atoms with E-state index in [0.29, 0.717) is 19.8 Å². The van der Waals surface area contributed by atoms with Crippen LogP contribution >= 0.6 is 0 Å². The fourth-order valence-corrected chi connectivity index (χ4v) is 3.78. The monoisotopic (exact) mass is 398 g/mol. The molecule has 1 aliphatic rings. The maximum absolute atomic E-state index is 12.4. The summed E-state index contributed by atoms with van der Waals surface area (Å²) < 4.78 is 21.8. The van der Waals surface area contributed by atoms with Gasteiger partial charge in [0.05, 0.1) is 45.6 Å². The minimum Gasteiger partial charge on any atom is -0.497 e. The van der Waals surface area contributed by atoms with E-state index >= 15 is 0 Å². The Morgan fingerprint density at radius 3 is 2.41 bits per heavy atom. The van der Waals surface area contributed by atoms with Crippen molar-refractivity contribution in [2.45, 2.75) is 46.0 Å². The molecule has 2 aromatic carbocycles. The summed E-state index contributed by atoms with van der Waals surface area (Å²) in [6, 6.07) is 14.2. The summed E-state index contributed by atoms with van der Waals surface area (Å²) in [6.07, 6.45) is 0.0415. The second kappa shape index (κ2) is 8.97. The zero-order valence-corrected chi connectivity index (χ0v) is 17.9. The van der Waals surface area contributed by atoms with Crippen molar-refractivity contribution >= 4 is 5.97 Å². The molecule has 2 unspecified atom stereocenters. The predicted molar refractivity (Wildman–Crippen MR) is 111 cm³/mol. The van der Waals surface area contributed by atoms with Gasteiger partial charge >= 0.3 is 5.97 Å². The Hall–Kier alpha value is -2.37. The number of carbonyl (C=O) groups excluding carboxylic acids is 1. The lowest BCUT2D eigenvalue weighted by Crippen LogP contribution is -2.35. The molecule has 0 aliphatic carbocycles. The molecule has 0 spiro atoms.